The Labute approximate surface area is 108 Å². The third kappa shape index (κ3) is 2.05. The predicted octanol–water partition coefficient (Wildman–Crippen LogP) is 1.63. The first-order valence-corrected chi connectivity index (χ1v) is 6.88. The van der Waals surface area contributed by atoms with Crippen LogP contribution in [0.15, 0.2) is 18.3 Å². The molecule has 4 heteroatoms. The summed E-state index contributed by atoms with van der Waals surface area (Å²) < 4.78 is 2.14. The van der Waals surface area contributed by atoms with Crippen LogP contribution >= 0.6 is 0 Å². The lowest BCUT2D eigenvalue weighted by atomic mass is 9.94. The molecule has 2 unspecified atom stereocenters. The summed E-state index contributed by atoms with van der Waals surface area (Å²) in [5, 5.41) is 0. The quantitative estimate of drug-likeness (QED) is 0.863. The summed E-state index contributed by atoms with van der Waals surface area (Å²) in [4.78, 5) is 14.5. The Morgan fingerprint density at radius 1 is 1.39 bits per heavy atom. The van der Waals surface area contributed by atoms with Gasteiger partial charge in [0.05, 0.1) is 0 Å². The van der Waals surface area contributed by atoms with E-state index in [9.17, 15) is 4.79 Å². The van der Waals surface area contributed by atoms with Crippen LogP contribution in [0, 0.1) is 5.92 Å². The van der Waals surface area contributed by atoms with Crippen LogP contribution in [0.25, 0.3) is 0 Å². The summed E-state index contributed by atoms with van der Waals surface area (Å²) in [5.74, 6) is 0.567. The minimum atomic E-state index is 0.172. The number of carbonyl (C=O) groups excluding carboxylic acids is 1. The van der Waals surface area contributed by atoms with Crippen LogP contribution in [0.5, 0.6) is 0 Å². The van der Waals surface area contributed by atoms with Gasteiger partial charge in [0.25, 0.3) is 5.91 Å². The maximum absolute atomic E-state index is 12.5. The third-order valence-electron chi connectivity index (χ3n) is 4.20. The first-order chi connectivity index (χ1) is 8.66. The molecule has 2 atom stereocenters. The Hall–Kier alpha value is -1.29. The number of hydrogen-bond donors (Lipinski definition) is 1. The second-order valence-electron chi connectivity index (χ2n) is 5.71. The molecule has 4 nitrogen and oxygen atoms in total. The Kier molecular flexibility index (Phi) is 2.90. The number of likely N-dealkylation sites (tertiary alicyclic amines) is 1. The Morgan fingerprint density at radius 2 is 2.17 bits per heavy atom. The fourth-order valence-electron chi connectivity index (χ4n) is 2.76. The summed E-state index contributed by atoms with van der Waals surface area (Å²) in [7, 11) is 0. The van der Waals surface area contributed by atoms with Gasteiger partial charge in [0.2, 0.25) is 0 Å². The Morgan fingerprint density at radius 3 is 2.83 bits per heavy atom. The van der Waals surface area contributed by atoms with Gasteiger partial charge in [-0.2, -0.15) is 0 Å². The maximum atomic E-state index is 12.5. The summed E-state index contributed by atoms with van der Waals surface area (Å²) in [6.45, 7) is 3.71. The van der Waals surface area contributed by atoms with E-state index in [0.717, 1.165) is 25.2 Å². The summed E-state index contributed by atoms with van der Waals surface area (Å²) in [6, 6.07) is 4.72. The molecule has 0 bridgehead atoms. The SMILES string of the molecule is CC1CN(C(=O)c2cccn2C2CC2)CCC1N. The highest BCUT2D eigenvalue weighted by Crippen LogP contribution is 2.36. The largest absolute Gasteiger partial charge is 0.340 e. The molecular formula is C14H21N3O. The molecule has 1 amide bonds. The molecule has 1 aromatic rings. The van der Waals surface area contributed by atoms with Crippen molar-refractivity contribution in [3.63, 3.8) is 0 Å². The molecule has 1 aliphatic heterocycles. The lowest BCUT2D eigenvalue weighted by Crippen LogP contribution is -2.48. The molecule has 0 aromatic carbocycles. The lowest BCUT2D eigenvalue weighted by Gasteiger charge is -2.35. The van der Waals surface area contributed by atoms with E-state index in [4.69, 9.17) is 5.73 Å². The molecule has 0 spiro atoms. The minimum absolute atomic E-state index is 0.172. The fourth-order valence-corrected chi connectivity index (χ4v) is 2.76. The van der Waals surface area contributed by atoms with Crippen LogP contribution in [0.2, 0.25) is 0 Å². The summed E-state index contributed by atoms with van der Waals surface area (Å²) in [5.41, 5.74) is 6.85. The molecule has 2 heterocycles. The highest BCUT2D eigenvalue weighted by molar-refractivity contribution is 5.93. The maximum Gasteiger partial charge on any atom is 0.270 e. The molecule has 1 saturated carbocycles. The van der Waals surface area contributed by atoms with Gasteiger partial charge in [-0.05, 0) is 37.3 Å². The normalized spacial score (nSPS) is 28.4. The summed E-state index contributed by atoms with van der Waals surface area (Å²) >= 11 is 0. The molecule has 2 N–H and O–H groups in total. The fraction of sp³-hybridized carbons (Fsp3) is 0.643. The van der Waals surface area contributed by atoms with Crippen molar-refractivity contribution < 1.29 is 4.79 Å². The molecule has 98 valence electrons. The van der Waals surface area contributed by atoms with E-state index in [1.807, 2.05) is 23.2 Å². The van der Waals surface area contributed by atoms with E-state index >= 15 is 0 Å². The van der Waals surface area contributed by atoms with Crippen molar-refractivity contribution in [1.82, 2.24) is 9.47 Å². The molecule has 3 rings (SSSR count). The van der Waals surface area contributed by atoms with Crippen LogP contribution in [0.1, 0.15) is 42.7 Å². The van der Waals surface area contributed by atoms with Crippen molar-refractivity contribution in [2.24, 2.45) is 11.7 Å². The zero-order valence-corrected chi connectivity index (χ0v) is 10.9. The zero-order valence-electron chi connectivity index (χ0n) is 10.9. The van der Waals surface area contributed by atoms with Gasteiger partial charge in [0, 0.05) is 31.4 Å². The van der Waals surface area contributed by atoms with Crippen LogP contribution in [0.3, 0.4) is 0 Å². The van der Waals surface area contributed by atoms with E-state index in [2.05, 4.69) is 11.5 Å². The molecular weight excluding hydrogens is 226 g/mol. The molecule has 0 radical (unpaired) electrons. The lowest BCUT2D eigenvalue weighted by molar-refractivity contribution is 0.0653. The third-order valence-corrected chi connectivity index (χ3v) is 4.20. The van der Waals surface area contributed by atoms with Crippen LogP contribution in [0.4, 0.5) is 0 Å². The van der Waals surface area contributed by atoms with Gasteiger partial charge < -0.3 is 15.2 Å². The van der Waals surface area contributed by atoms with Gasteiger partial charge in [-0.1, -0.05) is 6.92 Å². The van der Waals surface area contributed by atoms with Gasteiger partial charge >= 0.3 is 0 Å². The van der Waals surface area contributed by atoms with Gasteiger partial charge in [-0.15, -0.1) is 0 Å². The molecule has 2 fully saturated rings. The molecule has 2 aliphatic rings. The Bertz CT molecular complexity index is 450. The standard InChI is InChI=1S/C14H21N3O/c1-10-9-16(8-6-12(10)15)14(18)13-3-2-7-17(13)11-4-5-11/h2-3,7,10-12H,4-6,8-9,15H2,1H3. The van der Waals surface area contributed by atoms with E-state index < -0.39 is 0 Å². The average Bonchev–Trinajstić information content (AvgIpc) is 3.09. The smallest absolute Gasteiger partial charge is 0.270 e. The monoisotopic (exact) mass is 247 g/mol. The van der Waals surface area contributed by atoms with Crippen molar-refractivity contribution in [1.29, 1.82) is 0 Å². The number of aromatic nitrogens is 1. The number of piperidine rings is 1. The van der Waals surface area contributed by atoms with E-state index in [0.29, 0.717) is 12.0 Å². The first-order valence-electron chi connectivity index (χ1n) is 6.88. The predicted molar refractivity (Wildman–Crippen MR) is 70.4 cm³/mol. The Balaban J connectivity index is 1.75. The van der Waals surface area contributed by atoms with Crippen molar-refractivity contribution in [3.8, 4) is 0 Å². The highest BCUT2D eigenvalue weighted by Gasteiger charge is 2.31. The number of rotatable bonds is 2. The van der Waals surface area contributed by atoms with Crippen LogP contribution in [-0.4, -0.2) is 34.5 Å². The van der Waals surface area contributed by atoms with Gasteiger partial charge in [0.15, 0.2) is 0 Å². The van der Waals surface area contributed by atoms with E-state index in [-0.39, 0.29) is 11.9 Å². The van der Waals surface area contributed by atoms with Gasteiger partial charge in [0.1, 0.15) is 5.69 Å². The van der Waals surface area contributed by atoms with Gasteiger partial charge in [-0.3, -0.25) is 4.79 Å². The molecule has 1 saturated heterocycles. The molecule has 1 aromatic heterocycles. The van der Waals surface area contributed by atoms with Crippen molar-refractivity contribution in [3.05, 3.63) is 24.0 Å². The molecule has 18 heavy (non-hydrogen) atoms. The highest BCUT2D eigenvalue weighted by atomic mass is 16.2. The number of amides is 1. The summed E-state index contributed by atoms with van der Waals surface area (Å²) in [6.07, 6.45) is 5.35. The topological polar surface area (TPSA) is 51.3 Å². The second kappa shape index (κ2) is 4.43. The van der Waals surface area contributed by atoms with Crippen LogP contribution < -0.4 is 5.73 Å². The number of nitrogens with zero attached hydrogens (tertiary/aromatic N) is 2. The minimum Gasteiger partial charge on any atom is -0.340 e. The zero-order chi connectivity index (χ0) is 12.7. The number of hydrogen-bond acceptors (Lipinski definition) is 2. The molecule has 1 aliphatic carbocycles. The van der Waals surface area contributed by atoms with Crippen molar-refractivity contribution in [2.75, 3.05) is 13.1 Å². The van der Waals surface area contributed by atoms with Crippen LogP contribution in [-0.2, 0) is 0 Å². The van der Waals surface area contributed by atoms with E-state index in [1.165, 1.54) is 12.8 Å². The number of carbonyl (C=O) groups is 1. The van der Waals surface area contributed by atoms with Crippen molar-refractivity contribution in [2.45, 2.75) is 38.3 Å². The first kappa shape index (κ1) is 11.8. The average molecular weight is 247 g/mol. The second-order valence-corrected chi connectivity index (χ2v) is 5.71. The van der Waals surface area contributed by atoms with Gasteiger partial charge in [-0.25, -0.2) is 0 Å². The van der Waals surface area contributed by atoms with Crippen molar-refractivity contribution >= 4 is 5.91 Å². The van der Waals surface area contributed by atoms with E-state index in [1.54, 1.807) is 0 Å². The number of nitrogens with two attached hydrogens (primary N) is 1.